The number of Topliss-reactive ketones (excluding diaryl/α,β-unsaturated/α-hetero) is 1. The van der Waals surface area contributed by atoms with Gasteiger partial charge >= 0.3 is 6.18 Å². The van der Waals surface area contributed by atoms with Gasteiger partial charge in [0, 0.05) is 24.6 Å². The first kappa shape index (κ1) is 23.7. The Kier molecular flexibility index (Phi) is 5.60. The van der Waals surface area contributed by atoms with Gasteiger partial charge in [0.2, 0.25) is 0 Å². The molecule has 190 valence electrons. The SMILES string of the molecule is O=C(C1CC1)[C@@]1(Cn2c(-c3ccc(-c4cccc(O)c4)cc3)nc3ccc(C(F)(F)F)cc32)CCNC1. The smallest absolute Gasteiger partial charge is 0.416 e. The average molecular weight is 506 g/mol. The summed E-state index contributed by atoms with van der Waals surface area (Å²) in [5.41, 5.74) is 1.91. The van der Waals surface area contributed by atoms with Crippen LogP contribution in [-0.2, 0) is 17.5 Å². The molecule has 2 aliphatic rings. The second kappa shape index (κ2) is 8.73. The fourth-order valence-corrected chi connectivity index (χ4v) is 5.42. The summed E-state index contributed by atoms with van der Waals surface area (Å²) in [7, 11) is 0. The van der Waals surface area contributed by atoms with Gasteiger partial charge in [-0.25, -0.2) is 4.98 Å². The minimum absolute atomic E-state index is 0.0467. The molecule has 2 N–H and O–H groups in total. The van der Waals surface area contributed by atoms with E-state index in [-0.39, 0.29) is 24.0 Å². The van der Waals surface area contributed by atoms with E-state index < -0.39 is 17.2 Å². The number of rotatable bonds is 6. The lowest BCUT2D eigenvalue weighted by molar-refractivity contribution is -0.137. The van der Waals surface area contributed by atoms with Crippen molar-refractivity contribution in [2.75, 3.05) is 13.1 Å². The molecule has 0 radical (unpaired) electrons. The number of aromatic nitrogens is 2. The minimum Gasteiger partial charge on any atom is -0.508 e. The van der Waals surface area contributed by atoms with Gasteiger partial charge in [0.1, 0.15) is 17.4 Å². The molecule has 0 spiro atoms. The van der Waals surface area contributed by atoms with E-state index in [9.17, 15) is 23.1 Å². The van der Waals surface area contributed by atoms with Gasteiger partial charge in [0.25, 0.3) is 0 Å². The lowest BCUT2D eigenvalue weighted by Crippen LogP contribution is -2.39. The van der Waals surface area contributed by atoms with Crippen molar-refractivity contribution in [3.63, 3.8) is 0 Å². The number of benzene rings is 3. The number of halogens is 3. The molecule has 4 aromatic rings. The Labute approximate surface area is 212 Å². The molecular formula is C29H26F3N3O2. The van der Waals surface area contributed by atoms with Crippen molar-refractivity contribution in [2.45, 2.75) is 32.0 Å². The average Bonchev–Trinajstić information content (AvgIpc) is 3.52. The van der Waals surface area contributed by atoms with Crippen LogP contribution in [0.2, 0.25) is 0 Å². The predicted molar refractivity (Wildman–Crippen MR) is 135 cm³/mol. The summed E-state index contributed by atoms with van der Waals surface area (Å²) < 4.78 is 42.7. The monoisotopic (exact) mass is 505 g/mol. The molecule has 1 aliphatic carbocycles. The maximum Gasteiger partial charge on any atom is 0.416 e. The molecule has 8 heteroatoms. The molecule has 1 aliphatic heterocycles. The van der Waals surface area contributed by atoms with E-state index in [1.54, 1.807) is 22.8 Å². The molecule has 1 saturated heterocycles. The van der Waals surface area contributed by atoms with Crippen LogP contribution in [0.25, 0.3) is 33.5 Å². The Morgan fingerprint density at radius 1 is 1.03 bits per heavy atom. The Morgan fingerprint density at radius 3 is 2.43 bits per heavy atom. The summed E-state index contributed by atoms with van der Waals surface area (Å²) in [6.45, 7) is 1.49. The quantitative estimate of drug-likeness (QED) is 0.335. The van der Waals surface area contributed by atoms with Gasteiger partial charge in [0.05, 0.1) is 22.0 Å². The highest BCUT2D eigenvalue weighted by Gasteiger charge is 2.48. The zero-order valence-electron chi connectivity index (χ0n) is 20.1. The fourth-order valence-electron chi connectivity index (χ4n) is 5.42. The number of carbonyl (C=O) groups is 1. The molecule has 3 aromatic carbocycles. The van der Waals surface area contributed by atoms with Gasteiger partial charge in [-0.05, 0) is 67.3 Å². The number of hydrogen-bond acceptors (Lipinski definition) is 4. The van der Waals surface area contributed by atoms with E-state index in [1.165, 1.54) is 6.07 Å². The molecule has 2 fully saturated rings. The van der Waals surface area contributed by atoms with Crippen molar-refractivity contribution in [1.82, 2.24) is 14.9 Å². The molecule has 1 saturated carbocycles. The van der Waals surface area contributed by atoms with E-state index in [0.29, 0.717) is 36.4 Å². The maximum atomic E-state index is 13.6. The highest BCUT2D eigenvalue weighted by Crippen LogP contribution is 2.43. The van der Waals surface area contributed by atoms with Crippen molar-refractivity contribution < 1.29 is 23.1 Å². The second-order valence-electron chi connectivity index (χ2n) is 10.2. The lowest BCUT2D eigenvalue weighted by atomic mass is 9.80. The summed E-state index contributed by atoms with van der Waals surface area (Å²) in [6, 6.07) is 18.1. The number of ketones is 1. The van der Waals surface area contributed by atoms with E-state index in [4.69, 9.17) is 4.98 Å². The van der Waals surface area contributed by atoms with Crippen molar-refractivity contribution in [2.24, 2.45) is 11.3 Å². The fraction of sp³-hybridized carbons (Fsp3) is 0.310. The van der Waals surface area contributed by atoms with Crippen LogP contribution in [-0.4, -0.2) is 33.5 Å². The first-order valence-electron chi connectivity index (χ1n) is 12.5. The summed E-state index contributed by atoms with van der Waals surface area (Å²) in [5.74, 6) is 0.952. The van der Waals surface area contributed by atoms with Crippen molar-refractivity contribution in [3.8, 4) is 28.3 Å². The summed E-state index contributed by atoms with van der Waals surface area (Å²) in [4.78, 5) is 18.2. The third-order valence-corrected chi connectivity index (χ3v) is 7.57. The van der Waals surface area contributed by atoms with Crippen LogP contribution in [0.15, 0.2) is 66.7 Å². The number of phenols is 1. The third-order valence-electron chi connectivity index (χ3n) is 7.57. The number of nitrogens with one attached hydrogen (secondary N) is 1. The zero-order chi connectivity index (χ0) is 25.8. The summed E-state index contributed by atoms with van der Waals surface area (Å²) >= 11 is 0. The maximum absolute atomic E-state index is 13.6. The Bertz CT molecular complexity index is 1480. The van der Waals surface area contributed by atoms with Crippen molar-refractivity contribution >= 4 is 16.8 Å². The first-order chi connectivity index (χ1) is 17.7. The van der Waals surface area contributed by atoms with E-state index >= 15 is 0 Å². The Morgan fingerprint density at radius 2 is 1.78 bits per heavy atom. The topological polar surface area (TPSA) is 67.2 Å². The molecule has 1 atom stereocenters. The van der Waals surface area contributed by atoms with Crippen LogP contribution in [0, 0.1) is 11.3 Å². The number of nitrogens with zero attached hydrogens (tertiary/aromatic N) is 2. The number of carbonyl (C=O) groups excluding carboxylic acids is 1. The zero-order valence-corrected chi connectivity index (χ0v) is 20.1. The number of imidazole rings is 1. The van der Waals surface area contributed by atoms with Crippen molar-refractivity contribution in [1.29, 1.82) is 0 Å². The van der Waals surface area contributed by atoms with Crippen LogP contribution in [0.5, 0.6) is 5.75 Å². The molecule has 37 heavy (non-hydrogen) atoms. The molecule has 6 rings (SSSR count). The van der Waals surface area contributed by atoms with E-state index in [0.717, 1.165) is 41.7 Å². The summed E-state index contributed by atoms with van der Waals surface area (Å²) in [6.07, 6.45) is -2.07. The van der Waals surface area contributed by atoms with E-state index in [1.807, 2.05) is 30.3 Å². The first-order valence-corrected chi connectivity index (χ1v) is 12.5. The number of fused-ring (bicyclic) bond motifs is 1. The van der Waals surface area contributed by atoms with Gasteiger partial charge in [0.15, 0.2) is 0 Å². The van der Waals surface area contributed by atoms with Crippen LogP contribution in [0.4, 0.5) is 13.2 Å². The Balaban J connectivity index is 1.47. The molecular weight excluding hydrogens is 479 g/mol. The highest BCUT2D eigenvalue weighted by molar-refractivity contribution is 5.90. The number of alkyl halides is 3. The van der Waals surface area contributed by atoms with Gasteiger partial charge in [-0.2, -0.15) is 13.2 Å². The van der Waals surface area contributed by atoms with Gasteiger partial charge in [-0.15, -0.1) is 0 Å². The molecule has 0 unspecified atom stereocenters. The van der Waals surface area contributed by atoms with Gasteiger partial charge < -0.3 is 15.0 Å². The standard InChI is InChI=1S/C29H26F3N3O2/c30-29(31,32)22-10-11-24-25(15-22)35(17-28(12-13-33-16-28)26(37)19-6-7-19)27(34-24)20-8-4-18(5-9-20)21-2-1-3-23(36)14-21/h1-5,8-11,14-15,19,33,36H,6-7,12-13,16-17H2/t28-/m0/s1. The largest absolute Gasteiger partial charge is 0.508 e. The molecule has 0 bridgehead atoms. The van der Waals surface area contributed by atoms with Crippen LogP contribution < -0.4 is 5.32 Å². The summed E-state index contributed by atoms with van der Waals surface area (Å²) in [5, 5.41) is 13.1. The lowest BCUT2D eigenvalue weighted by Gasteiger charge is -2.28. The van der Waals surface area contributed by atoms with Crippen molar-refractivity contribution in [3.05, 3.63) is 72.3 Å². The minimum atomic E-state index is -4.48. The van der Waals surface area contributed by atoms with Crippen LogP contribution >= 0.6 is 0 Å². The van der Waals surface area contributed by atoms with Crippen LogP contribution in [0.3, 0.4) is 0 Å². The predicted octanol–water partition coefficient (Wildman–Crippen LogP) is 6.05. The Hall–Kier alpha value is -3.65. The number of hydrogen-bond donors (Lipinski definition) is 2. The molecule has 2 heterocycles. The normalized spacial score (nSPS) is 20.0. The third kappa shape index (κ3) is 4.39. The number of phenolic OH excluding ortho intramolecular Hbond substituents is 1. The number of aromatic hydroxyl groups is 1. The van der Waals surface area contributed by atoms with Crippen LogP contribution in [0.1, 0.15) is 24.8 Å². The molecule has 0 amide bonds. The second-order valence-corrected chi connectivity index (χ2v) is 10.2. The highest BCUT2D eigenvalue weighted by atomic mass is 19.4. The van der Waals surface area contributed by atoms with E-state index in [2.05, 4.69) is 5.32 Å². The van der Waals surface area contributed by atoms with Gasteiger partial charge in [-0.3, -0.25) is 4.79 Å². The molecule has 1 aromatic heterocycles. The molecule has 5 nitrogen and oxygen atoms in total. The van der Waals surface area contributed by atoms with Gasteiger partial charge in [-0.1, -0.05) is 36.4 Å².